The molecule has 1 heterocycles. The number of carbonyl (C=O) groups excluding carboxylic acids is 1. The van der Waals surface area contributed by atoms with Crippen LogP contribution in [0.5, 0.6) is 5.75 Å². The summed E-state index contributed by atoms with van der Waals surface area (Å²) in [4.78, 5) is 13.0. The zero-order valence-corrected chi connectivity index (χ0v) is 21.7. The second-order valence-corrected chi connectivity index (χ2v) is 12.1. The quantitative estimate of drug-likeness (QED) is 0.434. The van der Waals surface area contributed by atoms with E-state index in [4.69, 9.17) is 16.3 Å². The maximum Gasteiger partial charge on any atom is 0.261 e. The molecule has 4 rings (SSSR count). The molecule has 2 N–H and O–H groups in total. The highest BCUT2D eigenvalue weighted by molar-refractivity contribution is 7.92. The highest BCUT2D eigenvalue weighted by Gasteiger charge is 2.28. The summed E-state index contributed by atoms with van der Waals surface area (Å²) in [5.41, 5.74) is 0.591. The van der Waals surface area contributed by atoms with Gasteiger partial charge in [0.2, 0.25) is 10.0 Å². The molecule has 0 aromatic heterocycles. The van der Waals surface area contributed by atoms with Crippen molar-refractivity contribution in [2.45, 2.75) is 22.6 Å². The largest absolute Gasteiger partial charge is 0.496 e. The van der Waals surface area contributed by atoms with Crippen LogP contribution in [0.2, 0.25) is 5.02 Å². The average Bonchev–Trinajstić information content (AvgIpc) is 3.41. The Kier molecular flexibility index (Phi) is 7.55. The lowest BCUT2D eigenvalue weighted by Gasteiger charge is -2.17. The Morgan fingerprint density at radius 3 is 2.19 bits per heavy atom. The lowest BCUT2D eigenvalue weighted by molar-refractivity contribution is 0.102. The summed E-state index contributed by atoms with van der Waals surface area (Å²) in [5.74, 6) is -0.397. The molecule has 1 aliphatic heterocycles. The maximum atomic E-state index is 13.0. The van der Waals surface area contributed by atoms with Crippen LogP contribution in [0.4, 0.5) is 11.4 Å². The van der Waals surface area contributed by atoms with E-state index in [1.807, 2.05) is 0 Å². The van der Waals surface area contributed by atoms with Crippen molar-refractivity contribution in [3.8, 4) is 5.75 Å². The number of ether oxygens (including phenoxy) is 1. The first kappa shape index (κ1) is 26.0. The van der Waals surface area contributed by atoms with Crippen LogP contribution in [-0.2, 0) is 20.0 Å². The first-order valence-corrected chi connectivity index (χ1v) is 14.3. The second-order valence-electron chi connectivity index (χ2n) is 8.04. The molecule has 0 unspecified atom stereocenters. The molecule has 3 aromatic rings. The molecule has 1 fully saturated rings. The maximum absolute atomic E-state index is 13.0. The highest BCUT2D eigenvalue weighted by atomic mass is 35.5. The number of hydrogen-bond acceptors (Lipinski definition) is 6. The Balaban J connectivity index is 1.54. The standard InChI is InChI=1S/C24H24ClN3O6S2/c1-34-23-13-12-19(36(32,33)28-14-4-5-15-28)16-20(23)24(29)26-17-8-10-18(11-9-17)35(30,31)27-22-7-3-2-6-21(22)25/h2-3,6-13,16,27H,4-5,14-15H2,1H3,(H,26,29). The smallest absolute Gasteiger partial charge is 0.261 e. The van der Waals surface area contributed by atoms with Gasteiger partial charge < -0.3 is 10.1 Å². The van der Waals surface area contributed by atoms with Crippen LogP contribution >= 0.6 is 11.6 Å². The van der Waals surface area contributed by atoms with Crippen LogP contribution in [-0.4, -0.2) is 47.2 Å². The number of benzene rings is 3. The summed E-state index contributed by atoms with van der Waals surface area (Å²) in [7, 11) is -6.26. The number of hydrogen-bond donors (Lipinski definition) is 2. The fourth-order valence-corrected chi connectivity index (χ4v) is 6.63. The number of anilines is 2. The zero-order valence-electron chi connectivity index (χ0n) is 19.3. The van der Waals surface area contributed by atoms with E-state index in [1.165, 1.54) is 53.9 Å². The molecule has 3 aromatic carbocycles. The Hall–Kier alpha value is -3.12. The van der Waals surface area contributed by atoms with Gasteiger partial charge in [-0.3, -0.25) is 9.52 Å². The third kappa shape index (κ3) is 5.49. The summed E-state index contributed by atoms with van der Waals surface area (Å²) < 4.78 is 60.3. The van der Waals surface area contributed by atoms with E-state index in [1.54, 1.807) is 24.3 Å². The summed E-state index contributed by atoms with van der Waals surface area (Å²) in [6.07, 6.45) is 1.59. The number of rotatable bonds is 8. The van der Waals surface area contributed by atoms with Gasteiger partial charge >= 0.3 is 0 Å². The van der Waals surface area contributed by atoms with Gasteiger partial charge in [0.05, 0.1) is 33.2 Å². The molecule has 1 aliphatic rings. The molecule has 1 saturated heterocycles. The van der Waals surface area contributed by atoms with Crippen molar-refractivity contribution in [1.82, 2.24) is 4.31 Å². The molecule has 0 bridgehead atoms. The summed E-state index contributed by atoms with van der Waals surface area (Å²) in [5, 5.41) is 2.91. The van der Waals surface area contributed by atoms with E-state index in [0.29, 0.717) is 18.8 Å². The van der Waals surface area contributed by atoms with Gasteiger partial charge in [0.1, 0.15) is 5.75 Å². The Morgan fingerprint density at radius 1 is 0.917 bits per heavy atom. The topological polar surface area (TPSA) is 122 Å². The Morgan fingerprint density at radius 2 is 1.56 bits per heavy atom. The molecule has 190 valence electrons. The van der Waals surface area contributed by atoms with E-state index in [2.05, 4.69) is 10.0 Å². The van der Waals surface area contributed by atoms with Gasteiger partial charge in [-0.2, -0.15) is 4.31 Å². The third-order valence-electron chi connectivity index (χ3n) is 5.66. The minimum atomic E-state index is -3.91. The van der Waals surface area contributed by atoms with Crippen LogP contribution in [0.3, 0.4) is 0 Å². The van der Waals surface area contributed by atoms with Gasteiger partial charge in [0, 0.05) is 18.8 Å². The lowest BCUT2D eigenvalue weighted by atomic mass is 10.2. The molecular formula is C24H24ClN3O6S2. The molecule has 0 spiro atoms. The van der Waals surface area contributed by atoms with Crippen molar-refractivity contribution in [3.05, 3.63) is 77.3 Å². The number of nitrogens with one attached hydrogen (secondary N) is 2. The number of sulfonamides is 2. The van der Waals surface area contributed by atoms with Crippen molar-refractivity contribution in [1.29, 1.82) is 0 Å². The monoisotopic (exact) mass is 549 g/mol. The molecule has 9 nitrogen and oxygen atoms in total. The predicted octanol–water partition coefficient (Wildman–Crippen LogP) is 4.19. The van der Waals surface area contributed by atoms with E-state index in [9.17, 15) is 21.6 Å². The normalized spacial score (nSPS) is 14.4. The van der Waals surface area contributed by atoms with Crippen LogP contribution in [0.1, 0.15) is 23.2 Å². The molecule has 36 heavy (non-hydrogen) atoms. The minimum absolute atomic E-state index is 0.00226. The number of nitrogens with zero attached hydrogens (tertiary/aromatic N) is 1. The zero-order chi connectivity index (χ0) is 25.9. The fraction of sp³-hybridized carbons (Fsp3) is 0.208. The number of para-hydroxylation sites is 1. The second kappa shape index (κ2) is 10.5. The molecular weight excluding hydrogens is 526 g/mol. The lowest BCUT2D eigenvalue weighted by Crippen LogP contribution is -2.28. The SMILES string of the molecule is COc1ccc(S(=O)(=O)N2CCCC2)cc1C(=O)Nc1ccc(S(=O)(=O)Nc2ccccc2Cl)cc1. The van der Waals surface area contributed by atoms with Crippen molar-refractivity contribution in [2.24, 2.45) is 0 Å². The van der Waals surface area contributed by atoms with Gasteiger partial charge in [-0.05, 0) is 67.4 Å². The summed E-state index contributed by atoms with van der Waals surface area (Å²) in [6.45, 7) is 0.882. The van der Waals surface area contributed by atoms with Crippen LogP contribution < -0.4 is 14.8 Å². The van der Waals surface area contributed by atoms with Crippen molar-refractivity contribution in [3.63, 3.8) is 0 Å². The first-order chi connectivity index (χ1) is 17.1. The van der Waals surface area contributed by atoms with Gasteiger partial charge in [0.25, 0.3) is 15.9 Å². The average molecular weight is 550 g/mol. The number of amides is 1. The van der Waals surface area contributed by atoms with E-state index < -0.39 is 26.0 Å². The molecule has 0 radical (unpaired) electrons. The van der Waals surface area contributed by atoms with Gasteiger partial charge in [-0.1, -0.05) is 23.7 Å². The van der Waals surface area contributed by atoms with Gasteiger partial charge in [-0.25, -0.2) is 16.8 Å². The molecule has 1 amide bonds. The highest BCUT2D eigenvalue weighted by Crippen LogP contribution is 2.28. The number of methoxy groups -OCH3 is 1. The number of halogens is 1. The Bertz CT molecular complexity index is 1490. The summed E-state index contributed by atoms with van der Waals surface area (Å²) >= 11 is 6.03. The van der Waals surface area contributed by atoms with Gasteiger partial charge in [0.15, 0.2) is 0 Å². The van der Waals surface area contributed by atoms with Crippen molar-refractivity contribution >= 4 is 48.9 Å². The van der Waals surface area contributed by atoms with Crippen molar-refractivity contribution in [2.75, 3.05) is 30.2 Å². The van der Waals surface area contributed by atoms with Crippen molar-refractivity contribution < 1.29 is 26.4 Å². The molecule has 0 atom stereocenters. The first-order valence-electron chi connectivity index (χ1n) is 11.0. The van der Waals surface area contributed by atoms with E-state index in [0.717, 1.165) is 12.8 Å². The van der Waals surface area contributed by atoms with E-state index in [-0.39, 0.29) is 31.8 Å². The minimum Gasteiger partial charge on any atom is -0.496 e. The van der Waals surface area contributed by atoms with Crippen LogP contribution in [0.15, 0.2) is 76.5 Å². The predicted molar refractivity (Wildman–Crippen MR) is 138 cm³/mol. The molecule has 0 aliphatic carbocycles. The fourth-order valence-electron chi connectivity index (χ4n) is 3.77. The molecule has 12 heteroatoms. The third-order valence-corrected chi connectivity index (χ3v) is 9.26. The van der Waals surface area contributed by atoms with Crippen LogP contribution in [0, 0.1) is 0 Å². The van der Waals surface area contributed by atoms with Crippen LogP contribution in [0.25, 0.3) is 0 Å². The molecule has 0 saturated carbocycles. The number of carbonyl (C=O) groups is 1. The summed E-state index contributed by atoms with van der Waals surface area (Å²) in [6, 6.07) is 16.1. The van der Waals surface area contributed by atoms with E-state index >= 15 is 0 Å². The Labute approximate surface area is 215 Å². The van der Waals surface area contributed by atoms with Gasteiger partial charge in [-0.15, -0.1) is 0 Å².